The lowest BCUT2D eigenvalue weighted by Gasteiger charge is -2.44. The maximum Gasteiger partial charge on any atom is 0.0309 e. The Bertz CT molecular complexity index is 378. The number of thiophene rings is 1. The zero-order valence-electron chi connectivity index (χ0n) is 14.0. The van der Waals surface area contributed by atoms with Crippen LogP contribution in [0, 0.1) is 0 Å². The van der Waals surface area contributed by atoms with Crippen LogP contribution >= 0.6 is 11.3 Å². The largest absolute Gasteiger partial charge is 0.312 e. The van der Waals surface area contributed by atoms with E-state index in [0.29, 0.717) is 6.04 Å². The summed E-state index contributed by atoms with van der Waals surface area (Å²) >= 11 is 1.89. The minimum atomic E-state index is 0.226. The normalized spacial score (nSPS) is 19.4. The van der Waals surface area contributed by atoms with Gasteiger partial charge in [0.2, 0.25) is 0 Å². The zero-order chi connectivity index (χ0) is 15.1. The summed E-state index contributed by atoms with van der Waals surface area (Å²) in [6.45, 7) is 10.8. The van der Waals surface area contributed by atoms with Crippen LogP contribution in [0.5, 0.6) is 0 Å². The molecule has 1 unspecified atom stereocenters. The van der Waals surface area contributed by atoms with Gasteiger partial charge in [0.1, 0.15) is 0 Å². The van der Waals surface area contributed by atoms with Crippen molar-refractivity contribution in [2.45, 2.75) is 70.9 Å². The highest BCUT2D eigenvalue weighted by Gasteiger charge is 2.35. The number of hydrogen-bond acceptors (Lipinski definition) is 3. The van der Waals surface area contributed by atoms with Crippen molar-refractivity contribution in [3.63, 3.8) is 0 Å². The second kappa shape index (κ2) is 8.30. The van der Waals surface area contributed by atoms with Crippen LogP contribution in [0.2, 0.25) is 0 Å². The average Bonchev–Trinajstić information content (AvgIpc) is 2.82. The molecule has 0 saturated carbocycles. The van der Waals surface area contributed by atoms with Crippen LogP contribution in [0.15, 0.2) is 17.5 Å². The van der Waals surface area contributed by atoms with E-state index in [1.165, 1.54) is 50.1 Å². The molecule has 2 nitrogen and oxygen atoms in total. The number of nitrogens with zero attached hydrogens (tertiary/aromatic N) is 1. The van der Waals surface area contributed by atoms with Crippen molar-refractivity contribution in [3.8, 4) is 0 Å². The Morgan fingerprint density at radius 3 is 2.52 bits per heavy atom. The van der Waals surface area contributed by atoms with E-state index >= 15 is 0 Å². The van der Waals surface area contributed by atoms with Crippen LogP contribution in [0.25, 0.3) is 0 Å². The van der Waals surface area contributed by atoms with Crippen LogP contribution in [-0.4, -0.2) is 36.1 Å². The highest BCUT2D eigenvalue weighted by molar-refractivity contribution is 7.09. The van der Waals surface area contributed by atoms with Crippen LogP contribution < -0.4 is 5.32 Å². The summed E-state index contributed by atoms with van der Waals surface area (Å²) in [5, 5.41) is 6.03. The van der Waals surface area contributed by atoms with Crippen molar-refractivity contribution in [1.82, 2.24) is 10.2 Å². The lowest BCUT2D eigenvalue weighted by molar-refractivity contribution is 0.0837. The van der Waals surface area contributed by atoms with Gasteiger partial charge in [-0.15, -0.1) is 11.3 Å². The molecule has 2 rings (SSSR count). The summed E-state index contributed by atoms with van der Waals surface area (Å²) in [6.07, 6.45) is 7.90. The maximum atomic E-state index is 3.83. The minimum Gasteiger partial charge on any atom is -0.312 e. The molecule has 2 heterocycles. The molecule has 0 amide bonds. The summed E-state index contributed by atoms with van der Waals surface area (Å²) in [5.74, 6) is 0. The van der Waals surface area contributed by atoms with Gasteiger partial charge in [-0.25, -0.2) is 0 Å². The second-order valence-corrected chi connectivity index (χ2v) is 7.88. The number of hydrogen-bond donors (Lipinski definition) is 1. The quantitative estimate of drug-likeness (QED) is 0.807. The van der Waals surface area contributed by atoms with E-state index in [2.05, 4.69) is 48.5 Å². The van der Waals surface area contributed by atoms with E-state index in [1.807, 2.05) is 11.3 Å². The van der Waals surface area contributed by atoms with Gasteiger partial charge in [0.25, 0.3) is 0 Å². The SMILES string of the molecule is CCCNC(Cc1cccs1)C(C)(C)N1CCCCCC1. The molecule has 1 aliphatic heterocycles. The number of likely N-dealkylation sites (tertiary alicyclic amines) is 1. The molecule has 0 aliphatic carbocycles. The molecule has 1 aromatic rings. The van der Waals surface area contributed by atoms with Gasteiger partial charge in [0, 0.05) is 16.5 Å². The van der Waals surface area contributed by atoms with Gasteiger partial charge < -0.3 is 5.32 Å². The molecular weight excluding hydrogens is 276 g/mol. The predicted octanol–water partition coefficient (Wildman–Crippen LogP) is 4.31. The molecule has 1 fully saturated rings. The van der Waals surface area contributed by atoms with E-state index in [0.717, 1.165) is 13.0 Å². The van der Waals surface area contributed by atoms with Crippen molar-refractivity contribution in [1.29, 1.82) is 0 Å². The summed E-state index contributed by atoms with van der Waals surface area (Å²) in [6, 6.07) is 4.99. The zero-order valence-corrected chi connectivity index (χ0v) is 14.8. The molecule has 3 heteroatoms. The Morgan fingerprint density at radius 2 is 1.95 bits per heavy atom. The van der Waals surface area contributed by atoms with Gasteiger partial charge in [-0.3, -0.25) is 4.90 Å². The molecule has 0 aromatic carbocycles. The first kappa shape index (κ1) is 17.0. The van der Waals surface area contributed by atoms with Crippen LogP contribution in [0.4, 0.5) is 0 Å². The first-order valence-corrected chi connectivity index (χ1v) is 9.53. The molecular formula is C18H32N2S. The third-order valence-electron chi connectivity index (χ3n) is 4.90. The molecule has 0 spiro atoms. The maximum absolute atomic E-state index is 3.83. The molecule has 1 atom stereocenters. The Hall–Kier alpha value is -0.380. The summed E-state index contributed by atoms with van der Waals surface area (Å²) < 4.78 is 0. The molecule has 0 radical (unpaired) electrons. The Kier molecular flexibility index (Phi) is 6.72. The fourth-order valence-corrected chi connectivity index (χ4v) is 4.14. The fourth-order valence-electron chi connectivity index (χ4n) is 3.39. The van der Waals surface area contributed by atoms with Crippen molar-refractivity contribution >= 4 is 11.3 Å². The highest BCUT2D eigenvalue weighted by Crippen LogP contribution is 2.26. The van der Waals surface area contributed by atoms with E-state index in [9.17, 15) is 0 Å². The fraction of sp³-hybridized carbons (Fsp3) is 0.778. The van der Waals surface area contributed by atoms with Crippen LogP contribution in [0.1, 0.15) is 57.8 Å². The molecule has 0 bridgehead atoms. The van der Waals surface area contributed by atoms with Gasteiger partial charge in [-0.05, 0) is 70.6 Å². The minimum absolute atomic E-state index is 0.226. The molecule has 1 aromatic heterocycles. The highest BCUT2D eigenvalue weighted by atomic mass is 32.1. The summed E-state index contributed by atoms with van der Waals surface area (Å²) in [5.41, 5.74) is 0.226. The van der Waals surface area contributed by atoms with Gasteiger partial charge >= 0.3 is 0 Å². The third kappa shape index (κ3) is 4.80. The Balaban J connectivity index is 2.07. The van der Waals surface area contributed by atoms with Gasteiger partial charge in [-0.1, -0.05) is 25.8 Å². The van der Waals surface area contributed by atoms with E-state index in [4.69, 9.17) is 0 Å². The van der Waals surface area contributed by atoms with Crippen LogP contribution in [-0.2, 0) is 6.42 Å². The molecule has 1 saturated heterocycles. The Labute approximate surface area is 134 Å². The number of nitrogens with one attached hydrogen (secondary N) is 1. The van der Waals surface area contributed by atoms with Crippen LogP contribution in [0.3, 0.4) is 0 Å². The molecule has 1 aliphatic rings. The first-order valence-electron chi connectivity index (χ1n) is 8.65. The standard InChI is InChI=1S/C18H32N2S/c1-4-11-19-17(15-16-10-9-14-21-16)18(2,3)20-12-7-5-6-8-13-20/h9-10,14,17,19H,4-8,11-13,15H2,1-3H3. The topological polar surface area (TPSA) is 15.3 Å². The van der Waals surface area contributed by atoms with Gasteiger partial charge in [0.05, 0.1) is 0 Å². The molecule has 1 N–H and O–H groups in total. The van der Waals surface area contributed by atoms with Crippen molar-refractivity contribution in [3.05, 3.63) is 22.4 Å². The number of rotatable bonds is 7. The van der Waals surface area contributed by atoms with Crippen molar-refractivity contribution < 1.29 is 0 Å². The lowest BCUT2D eigenvalue weighted by Crippen LogP contribution is -2.59. The van der Waals surface area contributed by atoms with Gasteiger partial charge in [0.15, 0.2) is 0 Å². The smallest absolute Gasteiger partial charge is 0.0309 e. The summed E-state index contributed by atoms with van der Waals surface area (Å²) in [4.78, 5) is 4.24. The lowest BCUT2D eigenvalue weighted by atomic mass is 9.88. The average molecular weight is 309 g/mol. The van der Waals surface area contributed by atoms with Crippen molar-refractivity contribution in [2.24, 2.45) is 0 Å². The van der Waals surface area contributed by atoms with E-state index < -0.39 is 0 Å². The van der Waals surface area contributed by atoms with E-state index in [1.54, 1.807) is 0 Å². The third-order valence-corrected chi connectivity index (χ3v) is 5.80. The Morgan fingerprint density at radius 1 is 1.24 bits per heavy atom. The molecule has 21 heavy (non-hydrogen) atoms. The second-order valence-electron chi connectivity index (χ2n) is 6.85. The summed E-state index contributed by atoms with van der Waals surface area (Å²) in [7, 11) is 0. The first-order chi connectivity index (χ1) is 10.1. The monoisotopic (exact) mass is 308 g/mol. The van der Waals surface area contributed by atoms with Crippen molar-refractivity contribution in [2.75, 3.05) is 19.6 Å². The predicted molar refractivity (Wildman–Crippen MR) is 94.2 cm³/mol. The molecule has 120 valence electrons. The van der Waals surface area contributed by atoms with E-state index in [-0.39, 0.29) is 5.54 Å². The van der Waals surface area contributed by atoms with Gasteiger partial charge in [-0.2, -0.15) is 0 Å².